The fourth-order valence-corrected chi connectivity index (χ4v) is 4.05. The van der Waals surface area contributed by atoms with Gasteiger partial charge in [0, 0.05) is 70.2 Å². The Morgan fingerprint density at radius 3 is 2.54 bits per heavy atom. The number of hydrogen-bond acceptors (Lipinski definition) is 7. The van der Waals surface area contributed by atoms with E-state index in [2.05, 4.69) is 15.1 Å². The maximum Gasteiger partial charge on any atom is 0.414 e. The van der Waals surface area contributed by atoms with Crippen LogP contribution in [0.5, 0.6) is 0 Å². The number of amides is 1. The molecule has 1 N–H and O–H groups in total. The van der Waals surface area contributed by atoms with E-state index in [1.807, 2.05) is 11.8 Å². The summed E-state index contributed by atoms with van der Waals surface area (Å²) in [6.07, 6.45) is -0.988. The van der Waals surface area contributed by atoms with Crippen LogP contribution in [0.4, 0.5) is 25.7 Å². The zero-order valence-electron chi connectivity index (χ0n) is 15.5. The Morgan fingerprint density at radius 1 is 1.25 bits per heavy atom. The van der Waals surface area contributed by atoms with Crippen LogP contribution in [0, 0.1) is 56.8 Å². The number of halogens is 1. The van der Waals surface area contributed by atoms with Crippen LogP contribution in [0.1, 0.15) is 5.01 Å². The van der Waals surface area contributed by atoms with Gasteiger partial charge in [0.15, 0.2) is 0 Å². The Bertz CT molecular complexity index is 845. The van der Waals surface area contributed by atoms with Gasteiger partial charge in [-0.05, 0) is 25.1 Å². The van der Waals surface area contributed by atoms with Gasteiger partial charge in [-0.3, -0.25) is 4.90 Å². The van der Waals surface area contributed by atoms with Crippen molar-refractivity contribution in [3.8, 4) is 0 Å². The molecule has 3 heterocycles. The van der Waals surface area contributed by atoms with E-state index in [-0.39, 0.29) is 63.0 Å². The smallest absolute Gasteiger partial charge is 0.414 e. The quantitative estimate of drug-likeness (QED) is 0.525. The van der Waals surface area contributed by atoms with Crippen molar-refractivity contribution in [3.63, 3.8) is 0 Å². The van der Waals surface area contributed by atoms with Crippen LogP contribution in [0.2, 0.25) is 0 Å². The molecule has 8 nitrogen and oxygen atoms in total. The van der Waals surface area contributed by atoms with Crippen molar-refractivity contribution in [1.29, 1.82) is 0 Å². The average molecular weight is 618 g/mol. The summed E-state index contributed by atoms with van der Waals surface area (Å²) in [6.45, 7) is 5.07. The minimum absolute atomic E-state index is 0. The van der Waals surface area contributed by atoms with Crippen LogP contribution in [-0.4, -0.2) is 61.7 Å². The van der Waals surface area contributed by atoms with Crippen molar-refractivity contribution in [2.24, 2.45) is 0 Å². The van der Waals surface area contributed by atoms with Crippen molar-refractivity contribution >= 4 is 33.9 Å². The van der Waals surface area contributed by atoms with Gasteiger partial charge in [-0.1, -0.05) is 11.3 Å². The van der Waals surface area contributed by atoms with E-state index in [0.29, 0.717) is 24.5 Å². The molecule has 1 unspecified atom stereocenters. The van der Waals surface area contributed by atoms with Crippen molar-refractivity contribution in [3.05, 3.63) is 34.8 Å². The second kappa shape index (κ2) is 9.20. The van der Waals surface area contributed by atoms with Gasteiger partial charge in [0.2, 0.25) is 5.13 Å². The summed E-state index contributed by atoms with van der Waals surface area (Å²) in [6, 6.07) is 4.80. The molecule has 0 aliphatic carbocycles. The summed E-state index contributed by atoms with van der Waals surface area (Å²) in [5, 5.41) is 10.1. The summed E-state index contributed by atoms with van der Waals surface area (Å²) < 4.78 is 19.8. The van der Waals surface area contributed by atoms with Gasteiger partial charge >= 0.3 is 6.09 Å². The van der Waals surface area contributed by atoms with E-state index >= 15 is 0 Å². The van der Waals surface area contributed by atoms with Crippen LogP contribution in [0.3, 0.4) is 0 Å². The summed E-state index contributed by atoms with van der Waals surface area (Å²) in [4.78, 5) is 17.4. The normalized spacial score (nSPS) is 19.6. The summed E-state index contributed by atoms with van der Waals surface area (Å²) in [5.41, 5.74) is 8.32. The molecule has 2 aliphatic heterocycles. The number of aromatic nitrogens is 2. The topological polar surface area (TPSA) is 85.6 Å². The van der Waals surface area contributed by atoms with Crippen LogP contribution in [0.25, 0.3) is 5.73 Å². The first-order chi connectivity index (χ1) is 13.0. The number of anilines is 3. The standard InChI is InChI=1S/C17H20FN6O2S.Ac/c1-11-20-21-16(27-11)23-6-4-22(5-7-23)15-3-2-12(8-14(15)18)24-10-13(9-19)26-17(24)25;/h2-3,8,13,19H,4-7,9-10H2,1H3;/q-1;. The van der Waals surface area contributed by atoms with Gasteiger partial charge in [0.05, 0.1) is 17.9 Å². The number of hydrogen-bond donors (Lipinski definition) is 0. The number of piperazine rings is 1. The van der Waals surface area contributed by atoms with Crippen LogP contribution >= 0.6 is 11.3 Å². The molecule has 0 bridgehead atoms. The zero-order valence-corrected chi connectivity index (χ0v) is 21.0. The van der Waals surface area contributed by atoms with Gasteiger partial charge in [0.1, 0.15) is 16.9 Å². The Kier molecular flexibility index (Phi) is 7.12. The number of benzene rings is 1. The number of ether oxygens (including phenoxy) is 1. The van der Waals surface area contributed by atoms with Crippen LogP contribution in [0.15, 0.2) is 18.2 Å². The number of rotatable bonds is 4. The molecule has 2 saturated heterocycles. The van der Waals surface area contributed by atoms with Crippen LogP contribution < -0.4 is 14.7 Å². The third-order valence-electron chi connectivity index (χ3n) is 4.75. The van der Waals surface area contributed by atoms with Gasteiger partial charge in [-0.25, -0.2) is 9.18 Å². The predicted molar refractivity (Wildman–Crippen MR) is 102 cm³/mol. The zero-order chi connectivity index (χ0) is 19.0. The molecule has 0 saturated carbocycles. The summed E-state index contributed by atoms with van der Waals surface area (Å²) in [5.74, 6) is -0.366. The summed E-state index contributed by atoms with van der Waals surface area (Å²) in [7, 11) is 0. The van der Waals surface area contributed by atoms with E-state index in [0.717, 1.165) is 23.2 Å². The van der Waals surface area contributed by atoms with Gasteiger partial charge in [-0.2, -0.15) is 0 Å². The summed E-state index contributed by atoms with van der Waals surface area (Å²) >= 11 is 1.56. The first kappa shape index (κ1) is 21.7. The van der Waals surface area contributed by atoms with Gasteiger partial charge in [-0.15, -0.1) is 16.7 Å². The fraction of sp³-hybridized carbons (Fsp3) is 0.471. The fourth-order valence-electron chi connectivity index (χ4n) is 3.31. The van der Waals surface area contributed by atoms with E-state index in [1.165, 1.54) is 11.0 Å². The predicted octanol–water partition coefficient (Wildman–Crippen LogP) is 2.69. The second-order valence-electron chi connectivity index (χ2n) is 6.53. The Labute approximate surface area is 202 Å². The number of nitrogens with one attached hydrogen (secondary N) is 1. The Morgan fingerprint density at radius 2 is 1.96 bits per heavy atom. The molecule has 4 rings (SSSR count). The molecule has 2 aliphatic rings. The van der Waals surface area contributed by atoms with E-state index in [9.17, 15) is 9.18 Å². The molecule has 11 heteroatoms. The van der Waals surface area contributed by atoms with Gasteiger partial charge in [0.25, 0.3) is 0 Å². The van der Waals surface area contributed by atoms with Crippen LogP contribution in [-0.2, 0) is 4.74 Å². The van der Waals surface area contributed by atoms with Crippen molar-refractivity contribution in [1.82, 2.24) is 10.2 Å². The average Bonchev–Trinajstić information content (AvgIpc) is 3.27. The molecule has 1 aromatic heterocycles. The van der Waals surface area contributed by atoms with E-state index < -0.39 is 12.2 Å². The SMILES string of the molecule is Cc1nnc(N2CCN(c3ccc(N4CC(C[NH-])OC4=O)cc3F)CC2)s1.[Ac]. The second-order valence-corrected chi connectivity index (χ2v) is 7.69. The first-order valence-corrected chi connectivity index (χ1v) is 9.59. The molecule has 28 heavy (non-hydrogen) atoms. The molecule has 1 amide bonds. The maximum absolute atomic E-state index is 14.7. The molecule has 0 spiro atoms. The van der Waals surface area contributed by atoms with Crippen molar-refractivity contribution < 1.29 is 58.0 Å². The molecular formula is C17H20AcFN6O2S-. The number of aryl methyl sites for hydroxylation is 1. The van der Waals surface area contributed by atoms with E-state index in [1.54, 1.807) is 23.5 Å². The molecule has 2 aromatic rings. The largest absolute Gasteiger partial charge is 0.674 e. The monoisotopic (exact) mass is 618 g/mol. The minimum Gasteiger partial charge on any atom is -0.674 e. The van der Waals surface area contributed by atoms with Crippen molar-refractivity contribution in [2.75, 3.05) is 54.0 Å². The number of nitrogens with zero attached hydrogens (tertiary/aromatic N) is 5. The Balaban J connectivity index is 0.00000225. The van der Waals surface area contributed by atoms with Gasteiger partial charge < -0.3 is 20.3 Å². The number of carbonyl (C=O) groups is 1. The third kappa shape index (κ3) is 4.42. The molecule has 147 valence electrons. The van der Waals surface area contributed by atoms with E-state index in [4.69, 9.17) is 10.5 Å². The molecule has 1 aromatic carbocycles. The molecular weight excluding hydrogens is 598 g/mol. The minimum atomic E-state index is -0.527. The molecule has 1 radical (unpaired) electrons. The van der Waals surface area contributed by atoms with Crippen molar-refractivity contribution in [2.45, 2.75) is 13.0 Å². The Hall–Kier alpha value is -1.02. The third-order valence-corrected chi connectivity index (χ3v) is 5.65. The maximum atomic E-state index is 14.7. The number of carbonyl (C=O) groups excluding carboxylic acids is 1. The molecule has 2 fully saturated rings. The molecule has 1 atom stereocenters. The first-order valence-electron chi connectivity index (χ1n) is 8.77. The number of cyclic esters (lactones) is 1.